The van der Waals surface area contributed by atoms with Crippen LogP contribution >= 0.6 is 23.2 Å². The number of nitrogens with zero attached hydrogens (tertiary/aromatic N) is 2. The lowest BCUT2D eigenvalue weighted by atomic mass is 9.94. The van der Waals surface area contributed by atoms with Gasteiger partial charge in [0.2, 0.25) is 11.8 Å². The molecule has 3 amide bonds. The summed E-state index contributed by atoms with van der Waals surface area (Å²) >= 11 is 12.1. The van der Waals surface area contributed by atoms with Crippen LogP contribution in [0.1, 0.15) is 43.5 Å². The third-order valence-corrected chi connectivity index (χ3v) is 6.13. The number of benzene rings is 1. The van der Waals surface area contributed by atoms with Crippen molar-refractivity contribution in [1.29, 1.82) is 0 Å². The normalized spacial score (nSPS) is 15.2. The topological polar surface area (TPSA) is 91.4 Å². The van der Waals surface area contributed by atoms with E-state index in [1.807, 2.05) is 19.9 Å². The van der Waals surface area contributed by atoms with Crippen molar-refractivity contribution in [2.24, 2.45) is 11.8 Å². The van der Waals surface area contributed by atoms with Crippen molar-refractivity contribution in [3.05, 3.63) is 58.2 Å². The minimum absolute atomic E-state index is 0.0924. The molecule has 1 atom stereocenters. The van der Waals surface area contributed by atoms with E-state index in [0.29, 0.717) is 43.2 Å². The predicted octanol–water partition coefficient (Wildman–Crippen LogP) is 4.41. The average molecular weight is 491 g/mol. The number of aromatic nitrogens is 1. The molecule has 2 N–H and O–H groups in total. The minimum Gasteiger partial charge on any atom is -0.341 e. The Morgan fingerprint density at radius 1 is 1.12 bits per heavy atom. The maximum Gasteiger partial charge on any atom is 0.253 e. The zero-order valence-electron chi connectivity index (χ0n) is 18.7. The number of halogens is 2. The number of amides is 3. The van der Waals surface area contributed by atoms with Crippen molar-refractivity contribution >= 4 is 46.7 Å². The first-order valence-electron chi connectivity index (χ1n) is 11.0. The number of piperidine rings is 1. The molecule has 0 radical (unpaired) electrons. The van der Waals surface area contributed by atoms with Crippen LogP contribution in [-0.2, 0) is 9.59 Å². The van der Waals surface area contributed by atoms with Crippen molar-refractivity contribution in [3.8, 4) is 0 Å². The number of rotatable bonds is 7. The Balaban J connectivity index is 1.60. The summed E-state index contributed by atoms with van der Waals surface area (Å²) in [6.07, 6.45) is 3.22. The number of hydrogen-bond acceptors (Lipinski definition) is 4. The molecule has 2 aromatic rings. The first-order valence-corrected chi connectivity index (χ1v) is 11.8. The van der Waals surface area contributed by atoms with E-state index in [1.54, 1.807) is 35.4 Å². The molecule has 176 valence electrons. The van der Waals surface area contributed by atoms with Gasteiger partial charge in [-0.1, -0.05) is 43.1 Å². The van der Waals surface area contributed by atoms with E-state index in [2.05, 4.69) is 15.6 Å². The van der Waals surface area contributed by atoms with Crippen LogP contribution in [0.5, 0.6) is 0 Å². The number of hydrogen-bond donors (Lipinski definition) is 2. The molecule has 33 heavy (non-hydrogen) atoms. The van der Waals surface area contributed by atoms with E-state index in [9.17, 15) is 14.4 Å². The Kier molecular flexibility index (Phi) is 8.69. The Morgan fingerprint density at radius 3 is 2.45 bits per heavy atom. The molecular weight excluding hydrogens is 463 g/mol. The fourth-order valence-electron chi connectivity index (χ4n) is 3.85. The lowest BCUT2D eigenvalue weighted by Crippen LogP contribution is -2.52. The van der Waals surface area contributed by atoms with Gasteiger partial charge in [0.25, 0.3) is 5.91 Å². The highest BCUT2D eigenvalue weighted by Gasteiger charge is 2.32. The summed E-state index contributed by atoms with van der Waals surface area (Å²) in [6, 6.07) is 9.28. The molecule has 0 spiro atoms. The molecule has 0 bridgehead atoms. The van der Waals surface area contributed by atoms with E-state index >= 15 is 0 Å². The van der Waals surface area contributed by atoms with Crippen molar-refractivity contribution in [2.75, 3.05) is 18.4 Å². The van der Waals surface area contributed by atoms with Crippen LogP contribution in [0.3, 0.4) is 0 Å². The molecule has 7 nitrogen and oxygen atoms in total. The number of anilines is 1. The molecule has 1 aliphatic heterocycles. The number of carbonyl (C=O) groups is 3. The van der Waals surface area contributed by atoms with Gasteiger partial charge in [-0.2, -0.15) is 0 Å². The molecule has 1 aliphatic rings. The highest BCUT2D eigenvalue weighted by atomic mass is 35.5. The standard InChI is InChI=1S/C24H28Cl2N4O3/c1-15(2)13-20(28-23(32)18-7-6-17(25)14-19(18)26)24(33)30-11-8-16(9-12-30)22(31)29-21-5-3-4-10-27-21/h3-7,10,14-16,20H,8-9,11-13H2,1-2H3,(H,28,32)(H,27,29,31). The summed E-state index contributed by atoms with van der Waals surface area (Å²) in [7, 11) is 0. The monoisotopic (exact) mass is 490 g/mol. The van der Waals surface area contributed by atoms with Crippen molar-refractivity contribution in [1.82, 2.24) is 15.2 Å². The van der Waals surface area contributed by atoms with E-state index in [4.69, 9.17) is 23.2 Å². The number of nitrogens with one attached hydrogen (secondary N) is 2. The second-order valence-electron chi connectivity index (χ2n) is 8.58. The van der Waals surface area contributed by atoms with Crippen molar-refractivity contribution < 1.29 is 14.4 Å². The third-order valence-electron chi connectivity index (χ3n) is 5.58. The molecule has 0 saturated carbocycles. The zero-order chi connectivity index (χ0) is 24.0. The molecule has 1 fully saturated rings. The van der Waals surface area contributed by atoms with Crippen LogP contribution in [0.4, 0.5) is 5.82 Å². The van der Waals surface area contributed by atoms with Gasteiger partial charge in [0, 0.05) is 30.2 Å². The predicted molar refractivity (Wildman–Crippen MR) is 129 cm³/mol. The molecule has 1 saturated heterocycles. The minimum atomic E-state index is -0.678. The number of likely N-dealkylation sites (tertiary alicyclic amines) is 1. The number of pyridine rings is 1. The maximum absolute atomic E-state index is 13.3. The van der Waals surface area contributed by atoms with Gasteiger partial charge in [-0.15, -0.1) is 0 Å². The van der Waals surface area contributed by atoms with E-state index in [-0.39, 0.29) is 34.2 Å². The van der Waals surface area contributed by atoms with Crippen LogP contribution in [0.2, 0.25) is 10.0 Å². The van der Waals surface area contributed by atoms with Gasteiger partial charge < -0.3 is 15.5 Å². The first kappa shape index (κ1) is 25.0. The second kappa shape index (κ2) is 11.5. The summed E-state index contributed by atoms with van der Waals surface area (Å²) in [5.74, 6) is -0.138. The molecule has 9 heteroatoms. The van der Waals surface area contributed by atoms with Crippen LogP contribution in [0, 0.1) is 11.8 Å². The Bertz CT molecular complexity index is 992. The lowest BCUT2D eigenvalue weighted by Gasteiger charge is -2.34. The third kappa shape index (κ3) is 6.92. The van der Waals surface area contributed by atoms with Gasteiger partial charge in [0.15, 0.2) is 0 Å². The zero-order valence-corrected chi connectivity index (χ0v) is 20.2. The summed E-state index contributed by atoms with van der Waals surface area (Å²) in [4.78, 5) is 44.4. The van der Waals surface area contributed by atoms with E-state index in [0.717, 1.165) is 0 Å². The number of carbonyl (C=O) groups excluding carboxylic acids is 3. The maximum atomic E-state index is 13.3. The fourth-order valence-corrected chi connectivity index (χ4v) is 4.34. The molecule has 1 unspecified atom stereocenters. The second-order valence-corrected chi connectivity index (χ2v) is 9.43. The summed E-state index contributed by atoms with van der Waals surface area (Å²) in [6.45, 7) is 4.89. The Labute approximate surface area is 203 Å². The molecule has 2 heterocycles. The van der Waals surface area contributed by atoms with Gasteiger partial charge in [-0.05, 0) is 55.5 Å². The SMILES string of the molecule is CC(C)CC(NC(=O)c1ccc(Cl)cc1Cl)C(=O)N1CCC(C(=O)Nc2ccccn2)CC1. The van der Waals surface area contributed by atoms with E-state index in [1.165, 1.54) is 6.07 Å². The van der Waals surface area contributed by atoms with Gasteiger partial charge >= 0.3 is 0 Å². The molecular formula is C24H28Cl2N4O3. The molecule has 1 aromatic carbocycles. The smallest absolute Gasteiger partial charge is 0.253 e. The first-order chi connectivity index (χ1) is 15.7. The highest BCUT2D eigenvalue weighted by Crippen LogP contribution is 2.23. The molecule has 0 aliphatic carbocycles. The van der Waals surface area contributed by atoms with Crippen molar-refractivity contribution in [3.63, 3.8) is 0 Å². The highest BCUT2D eigenvalue weighted by molar-refractivity contribution is 6.36. The van der Waals surface area contributed by atoms with Crippen molar-refractivity contribution in [2.45, 2.75) is 39.2 Å². The summed E-state index contributed by atoms with van der Waals surface area (Å²) in [5, 5.41) is 6.33. The van der Waals surface area contributed by atoms with Crippen LogP contribution in [0.15, 0.2) is 42.6 Å². The molecule has 3 rings (SSSR count). The van der Waals surface area contributed by atoms with Crippen LogP contribution in [-0.4, -0.2) is 46.7 Å². The molecule has 1 aromatic heterocycles. The van der Waals surface area contributed by atoms with Crippen LogP contribution in [0.25, 0.3) is 0 Å². The summed E-state index contributed by atoms with van der Waals surface area (Å²) < 4.78 is 0. The largest absolute Gasteiger partial charge is 0.341 e. The van der Waals surface area contributed by atoms with Gasteiger partial charge in [0.05, 0.1) is 10.6 Å². The summed E-state index contributed by atoms with van der Waals surface area (Å²) in [5.41, 5.74) is 0.271. The quantitative estimate of drug-likeness (QED) is 0.601. The Morgan fingerprint density at radius 2 is 1.85 bits per heavy atom. The van der Waals surface area contributed by atoms with E-state index < -0.39 is 11.9 Å². The lowest BCUT2D eigenvalue weighted by molar-refractivity contribution is -0.136. The Hall–Kier alpha value is -2.64. The van der Waals surface area contributed by atoms with Gasteiger partial charge in [-0.3, -0.25) is 14.4 Å². The average Bonchev–Trinajstić information content (AvgIpc) is 2.78. The van der Waals surface area contributed by atoms with Gasteiger partial charge in [0.1, 0.15) is 11.9 Å². The fraction of sp³-hybridized carbons (Fsp3) is 0.417. The van der Waals surface area contributed by atoms with Crippen LogP contribution < -0.4 is 10.6 Å². The van der Waals surface area contributed by atoms with Gasteiger partial charge in [-0.25, -0.2) is 4.98 Å².